The second-order valence-electron chi connectivity index (χ2n) is 6.00. The van der Waals surface area contributed by atoms with E-state index in [0.29, 0.717) is 18.7 Å². The summed E-state index contributed by atoms with van der Waals surface area (Å²) in [6, 6.07) is 7.17. The molecule has 1 atom stereocenters. The monoisotopic (exact) mass is 326 g/mol. The van der Waals surface area contributed by atoms with Crippen molar-refractivity contribution in [1.29, 1.82) is 0 Å². The number of aromatic amines is 1. The molecule has 3 rings (SSSR count). The van der Waals surface area contributed by atoms with Gasteiger partial charge in [-0.25, -0.2) is 4.98 Å². The van der Waals surface area contributed by atoms with Gasteiger partial charge in [0.15, 0.2) is 0 Å². The second kappa shape index (κ2) is 7.29. The van der Waals surface area contributed by atoms with E-state index in [0.717, 1.165) is 30.7 Å². The zero-order chi connectivity index (χ0) is 16.9. The Hall–Kier alpha value is -2.63. The number of nitrogens with zero attached hydrogens (tertiary/aromatic N) is 2. The quantitative estimate of drug-likeness (QED) is 0.887. The number of rotatable bonds is 5. The van der Waals surface area contributed by atoms with E-state index in [1.807, 2.05) is 31.2 Å². The summed E-state index contributed by atoms with van der Waals surface area (Å²) in [7, 11) is 0. The number of imidazole rings is 1. The number of likely N-dealkylation sites (tertiary alicyclic amines) is 1. The number of carbonyl (C=O) groups is 2. The lowest BCUT2D eigenvalue weighted by Gasteiger charge is -2.24. The summed E-state index contributed by atoms with van der Waals surface area (Å²) in [5.74, 6) is 0.708. The normalized spacial score (nSPS) is 17.0. The summed E-state index contributed by atoms with van der Waals surface area (Å²) in [6.07, 6.45) is 6.35. The summed E-state index contributed by atoms with van der Waals surface area (Å²) >= 11 is 0. The average molecular weight is 326 g/mol. The van der Waals surface area contributed by atoms with Crippen molar-refractivity contribution in [2.24, 2.45) is 0 Å². The van der Waals surface area contributed by atoms with Gasteiger partial charge in [0.05, 0.1) is 0 Å². The van der Waals surface area contributed by atoms with Gasteiger partial charge in [-0.05, 0) is 31.4 Å². The molecule has 1 aromatic carbocycles. The first-order valence-corrected chi connectivity index (χ1v) is 8.39. The minimum absolute atomic E-state index is 0.0690. The van der Waals surface area contributed by atoms with Gasteiger partial charge in [-0.1, -0.05) is 19.1 Å². The first-order chi connectivity index (χ1) is 11.7. The fraction of sp³-hybridized carbons (Fsp3) is 0.389. The lowest BCUT2D eigenvalue weighted by molar-refractivity contribution is -0.136. The van der Waals surface area contributed by atoms with Crippen molar-refractivity contribution in [3.63, 3.8) is 0 Å². The van der Waals surface area contributed by atoms with Gasteiger partial charge in [0.1, 0.15) is 11.9 Å². The minimum Gasteiger partial charge on any atom is -0.345 e. The molecule has 6 heteroatoms. The molecule has 0 saturated carbocycles. The minimum atomic E-state index is -0.365. The summed E-state index contributed by atoms with van der Waals surface area (Å²) in [4.78, 5) is 33.7. The van der Waals surface area contributed by atoms with E-state index in [1.54, 1.807) is 17.3 Å². The molecule has 1 aliphatic heterocycles. The van der Waals surface area contributed by atoms with Crippen LogP contribution < -0.4 is 5.32 Å². The Balaban J connectivity index is 1.70. The van der Waals surface area contributed by atoms with E-state index >= 15 is 0 Å². The molecule has 1 aromatic heterocycles. The van der Waals surface area contributed by atoms with Crippen LogP contribution in [-0.2, 0) is 9.59 Å². The number of H-pyrrole nitrogens is 1. The Bertz CT molecular complexity index is 712. The van der Waals surface area contributed by atoms with E-state index in [2.05, 4.69) is 15.3 Å². The van der Waals surface area contributed by atoms with Gasteiger partial charge in [-0.15, -0.1) is 0 Å². The molecule has 2 heterocycles. The Morgan fingerprint density at radius 3 is 3.04 bits per heavy atom. The van der Waals surface area contributed by atoms with Crippen LogP contribution in [0.4, 0.5) is 5.69 Å². The highest BCUT2D eigenvalue weighted by Gasteiger charge is 2.33. The standard InChI is InChI=1S/C18H22N4O2/c1-2-5-16(23)22-11-4-8-15(22)18(24)21-14-7-3-6-13(12-14)17-19-9-10-20-17/h3,6-7,9-10,12,15H,2,4-5,8,11H2,1H3,(H,19,20)(H,21,24)/t15-/m0/s1. The van der Waals surface area contributed by atoms with Gasteiger partial charge < -0.3 is 15.2 Å². The van der Waals surface area contributed by atoms with Crippen molar-refractivity contribution in [2.75, 3.05) is 11.9 Å². The average Bonchev–Trinajstić information content (AvgIpc) is 3.27. The molecule has 1 saturated heterocycles. The summed E-state index contributed by atoms with van der Waals surface area (Å²) in [6.45, 7) is 2.65. The van der Waals surface area contributed by atoms with Crippen LogP contribution >= 0.6 is 0 Å². The first kappa shape index (κ1) is 16.2. The van der Waals surface area contributed by atoms with Crippen molar-refractivity contribution < 1.29 is 9.59 Å². The van der Waals surface area contributed by atoms with Crippen molar-refractivity contribution in [3.8, 4) is 11.4 Å². The zero-order valence-corrected chi connectivity index (χ0v) is 13.8. The molecule has 0 radical (unpaired) electrons. The Kier molecular flexibility index (Phi) is 4.93. The van der Waals surface area contributed by atoms with Gasteiger partial charge in [-0.2, -0.15) is 0 Å². The fourth-order valence-electron chi connectivity index (χ4n) is 3.09. The fourth-order valence-corrected chi connectivity index (χ4v) is 3.09. The van der Waals surface area contributed by atoms with Gasteiger partial charge in [0, 0.05) is 36.6 Å². The predicted molar refractivity (Wildman–Crippen MR) is 92.3 cm³/mol. The maximum atomic E-state index is 12.6. The lowest BCUT2D eigenvalue weighted by Crippen LogP contribution is -2.43. The van der Waals surface area contributed by atoms with Crippen molar-refractivity contribution in [2.45, 2.75) is 38.6 Å². The van der Waals surface area contributed by atoms with Crippen LogP contribution in [0, 0.1) is 0 Å². The Morgan fingerprint density at radius 1 is 1.42 bits per heavy atom. The molecule has 0 unspecified atom stereocenters. The third-order valence-corrected chi connectivity index (χ3v) is 4.24. The summed E-state index contributed by atoms with van der Waals surface area (Å²) in [5, 5.41) is 2.94. The predicted octanol–water partition coefficient (Wildman–Crippen LogP) is 2.81. The van der Waals surface area contributed by atoms with Crippen molar-refractivity contribution >= 4 is 17.5 Å². The number of hydrogen-bond donors (Lipinski definition) is 2. The lowest BCUT2D eigenvalue weighted by atomic mass is 10.1. The smallest absolute Gasteiger partial charge is 0.247 e. The van der Waals surface area contributed by atoms with E-state index in [1.165, 1.54) is 0 Å². The molecule has 6 nitrogen and oxygen atoms in total. The molecule has 24 heavy (non-hydrogen) atoms. The van der Waals surface area contributed by atoms with Crippen LogP contribution in [0.25, 0.3) is 11.4 Å². The Morgan fingerprint density at radius 2 is 2.29 bits per heavy atom. The molecule has 2 aromatic rings. The van der Waals surface area contributed by atoms with Crippen molar-refractivity contribution in [1.82, 2.24) is 14.9 Å². The maximum absolute atomic E-state index is 12.6. The van der Waals surface area contributed by atoms with Crippen molar-refractivity contribution in [3.05, 3.63) is 36.7 Å². The third-order valence-electron chi connectivity index (χ3n) is 4.24. The second-order valence-corrected chi connectivity index (χ2v) is 6.00. The molecule has 1 fully saturated rings. The van der Waals surface area contributed by atoms with Crippen LogP contribution in [0.3, 0.4) is 0 Å². The molecule has 1 aliphatic rings. The van der Waals surface area contributed by atoms with Gasteiger partial charge in [0.2, 0.25) is 11.8 Å². The number of benzene rings is 1. The number of carbonyl (C=O) groups excluding carboxylic acids is 2. The van der Waals surface area contributed by atoms with Gasteiger partial charge in [0.25, 0.3) is 0 Å². The van der Waals surface area contributed by atoms with E-state index in [4.69, 9.17) is 0 Å². The van der Waals surface area contributed by atoms with Crippen LogP contribution in [-0.4, -0.2) is 39.3 Å². The number of amides is 2. The molecule has 2 N–H and O–H groups in total. The third kappa shape index (κ3) is 3.48. The number of anilines is 1. The highest BCUT2D eigenvalue weighted by Crippen LogP contribution is 2.23. The molecule has 2 amide bonds. The van der Waals surface area contributed by atoms with E-state index in [-0.39, 0.29) is 17.9 Å². The number of nitrogens with one attached hydrogen (secondary N) is 2. The molecule has 126 valence electrons. The molecule has 0 bridgehead atoms. The molecular formula is C18H22N4O2. The highest BCUT2D eigenvalue weighted by molar-refractivity contribution is 5.97. The summed E-state index contributed by atoms with van der Waals surface area (Å²) in [5.41, 5.74) is 1.62. The first-order valence-electron chi connectivity index (χ1n) is 8.39. The number of hydrogen-bond acceptors (Lipinski definition) is 3. The topological polar surface area (TPSA) is 78.1 Å². The van der Waals surface area contributed by atoms with E-state index < -0.39 is 0 Å². The maximum Gasteiger partial charge on any atom is 0.247 e. The largest absolute Gasteiger partial charge is 0.345 e. The zero-order valence-electron chi connectivity index (χ0n) is 13.8. The molecule has 0 aliphatic carbocycles. The number of aromatic nitrogens is 2. The van der Waals surface area contributed by atoms with Crippen LogP contribution in [0.15, 0.2) is 36.7 Å². The van der Waals surface area contributed by atoms with Crippen LogP contribution in [0.2, 0.25) is 0 Å². The molecular weight excluding hydrogens is 304 g/mol. The van der Waals surface area contributed by atoms with Crippen LogP contribution in [0.5, 0.6) is 0 Å². The van der Waals surface area contributed by atoms with Gasteiger partial charge in [-0.3, -0.25) is 9.59 Å². The van der Waals surface area contributed by atoms with Gasteiger partial charge >= 0.3 is 0 Å². The Labute approximate surface area is 141 Å². The molecule has 0 spiro atoms. The SMILES string of the molecule is CCCC(=O)N1CCC[C@H]1C(=O)Nc1cccc(-c2ncc[nH]2)c1. The van der Waals surface area contributed by atoms with E-state index in [9.17, 15) is 9.59 Å². The summed E-state index contributed by atoms with van der Waals surface area (Å²) < 4.78 is 0. The van der Waals surface area contributed by atoms with Crippen LogP contribution in [0.1, 0.15) is 32.6 Å². The highest BCUT2D eigenvalue weighted by atomic mass is 16.2.